The molecule has 1 amide bonds. The van der Waals surface area contributed by atoms with Crippen LogP contribution in [0.3, 0.4) is 0 Å². The monoisotopic (exact) mass is 312 g/mol. The summed E-state index contributed by atoms with van der Waals surface area (Å²) >= 11 is 0. The molecule has 0 saturated carbocycles. The van der Waals surface area contributed by atoms with Gasteiger partial charge >= 0.3 is 5.97 Å². The minimum absolute atomic E-state index is 0. The van der Waals surface area contributed by atoms with Gasteiger partial charge in [-0.3, -0.25) is 4.79 Å². The second-order valence-electron chi connectivity index (χ2n) is 4.99. The zero-order valence-corrected chi connectivity index (χ0v) is 13.1. The van der Waals surface area contributed by atoms with Gasteiger partial charge in [-0.2, -0.15) is 0 Å². The van der Waals surface area contributed by atoms with E-state index in [1.807, 2.05) is 6.92 Å². The molecule has 0 aliphatic carbocycles. The lowest BCUT2D eigenvalue weighted by Gasteiger charge is -2.26. The molecule has 1 aliphatic rings. The highest BCUT2D eigenvalue weighted by Crippen LogP contribution is 2.25. The first-order valence-corrected chi connectivity index (χ1v) is 6.86. The SMILES string of the molecule is CCC1(C(=O)Nc2ccc(C(=O)OC)cc2)CCCN1.Cl. The predicted octanol–water partition coefficient (Wildman–Crippen LogP) is 2.37. The van der Waals surface area contributed by atoms with Crippen LogP contribution in [0.2, 0.25) is 0 Å². The number of hydrogen-bond donors (Lipinski definition) is 2. The number of rotatable bonds is 4. The minimum atomic E-state index is -0.457. The number of benzene rings is 1. The summed E-state index contributed by atoms with van der Waals surface area (Å²) in [6, 6.07) is 6.70. The maximum atomic E-state index is 12.4. The fraction of sp³-hybridized carbons (Fsp3) is 0.467. The fourth-order valence-electron chi connectivity index (χ4n) is 2.52. The van der Waals surface area contributed by atoms with Gasteiger partial charge in [0.05, 0.1) is 18.2 Å². The minimum Gasteiger partial charge on any atom is -0.465 e. The molecule has 0 aromatic heterocycles. The molecule has 0 radical (unpaired) electrons. The number of ether oxygens (including phenoxy) is 1. The largest absolute Gasteiger partial charge is 0.465 e. The third kappa shape index (κ3) is 3.74. The summed E-state index contributed by atoms with van der Waals surface area (Å²) in [5.41, 5.74) is 0.694. The van der Waals surface area contributed by atoms with Gasteiger partial charge in [-0.1, -0.05) is 6.92 Å². The lowest BCUT2D eigenvalue weighted by atomic mass is 9.93. The normalized spacial score (nSPS) is 20.5. The van der Waals surface area contributed by atoms with Crippen molar-refractivity contribution in [1.29, 1.82) is 0 Å². The quantitative estimate of drug-likeness (QED) is 0.838. The number of hydrogen-bond acceptors (Lipinski definition) is 4. The standard InChI is InChI=1S/C15H20N2O3.ClH/c1-3-15(9-4-10-16-15)14(19)17-12-7-5-11(6-8-12)13(18)20-2;/h5-8,16H,3-4,9-10H2,1-2H3,(H,17,19);1H. The maximum absolute atomic E-state index is 12.4. The number of carbonyl (C=O) groups excluding carboxylic acids is 2. The maximum Gasteiger partial charge on any atom is 0.337 e. The van der Waals surface area contributed by atoms with Gasteiger partial charge in [0.25, 0.3) is 0 Å². The van der Waals surface area contributed by atoms with Crippen molar-refractivity contribution in [2.45, 2.75) is 31.7 Å². The van der Waals surface area contributed by atoms with Crippen LogP contribution < -0.4 is 10.6 Å². The van der Waals surface area contributed by atoms with Crippen molar-refractivity contribution in [2.24, 2.45) is 0 Å². The summed E-state index contributed by atoms with van der Waals surface area (Å²) in [6.45, 7) is 2.89. The first-order chi connectivity index (χ1) is 9.61. The van der Waals surface area contributed by atoms with Gasteiger partial charge in [0.2, 0.25) is 5.91 Å². The van der Waals surface area contributed by atoms with Gasteiger partial charge < -0.3 is 15.4 Å². The van der Waals surface area contributed by atoms with E-state index in [9.17, 15) is 9.59 Å². The molecule has 1 heterocycles. The molecule has 1 unspecified atom stereocenters. The molecule has 116 valence electrons. The summed E-state index contributed by atoms with van der Waals surface area (Å²) in [4.78, 5) is 23.7. The van der Waals surface area contributed by atoms with Gasteiger partial charge in [0.15, 0.2) is 0 Å². The van der Waals surface area contributed by atoms with Crippen LogP contribution in [-0.2, 0) is 9.53 Å². The Balaban J connectivity index is 0.00000220. The second kappa shape index (κ2) is 7.43. The van der Waals surface area contributed by atoms with E-state index >= 15 is 0 Å². The first kappa shape index (κ1) is 17.5. The zero-order chi connectivity index (χ0) is 14.6. The molecule has 2 N–H and O–H groups in total. The summed E-state index contributed by atoms with van der Waals surface area (Å²) in [5.74, 6) is -0.395. The zero-order valence-electron chi connectivity index (χ0n) is 12.3. The molecule has 21 heavy (non-hydrogen) atoms. The molecular weight excluding hydrogens is 292 g/mol. The molecule has 0 spiro atoms. The van der Waals surface area contributed by atoms with E-state index in [4.69, 9.17) is 0 Å². The van der Waals surface area contributed by atoms with E-state index < -0.39 is 5.54 Å². The van der Waals surface area contributed by atoms with Crippen LogP contribution in [0.1, 0.15) is 36.5 Å². The van der Waals surface area contributed by atoms with Crippen molar-refractivity contribution in [3.63, 3.8) is 0 Å². The van der Waals surface area contributed by atoms with E-state index in [2.05, 4.69) is 15.4 Å². The van der Waals surface area contributed by atoms with Crippen molar-refractivity contribution < 1.29 is 14.3 Å². The third-order valence-corrected chi connectivity index (χ3v) is 3.85. The summed E-state index contributed by atoms with van der Waals surface area (Å²) < 4.78 is 4.64. The van der Waals surface area contributed by atoms with Crippen molar-refractivity contribution in [2.75, 3.05) is 19.0 Å². The molecule has 2 rings (SSSR count). The van der Waals surface area contributed by atoms with E-state index in [0.29, 0.717) is 11.3 Å². The van der Waals surface area contributed by atoms with Crippen LogP contribution in [0.4, 0.5) is 5.69 Å². The average Bonchev–Trinajstić information content (AvgIpc) is 2.97. The summed E-state index contributed by atoms with van der Waals surface area (Å²) in [6.07, 6.45) is 2.64. The number of halogens is 1. The Bertz CT molecular complexity index is 496. The van der Waals surface area contributed by atoms with Crippen molar-refractivity contribution >= 4 is 30.0 Å². The van der Waals surface area contributed by atoms with Gasteiger partial charge in [-0.15, -0.1) is 12.4 Å². The fourth-order valence-corrected chi connectivity index (χ4v) is 2.52. The Morgan fingerprint density at radius 2 is 2.00 bits per heavy atom. The second-order valence-corrected chi connectivity index (χ2v) is 4.99. The average molecular weight is 313 g/mol. The Labute approximate surface area is 130 Å². The highest BCUT2D eigenvalue weighted by Gasteiger charge is 2.38. The van der Waals surface area contributed by atoms with Crippen LogP contribution >= 0.6 is 12.4 Å². The number of nitrogens with one attached hydrogen (secondary N) is 2. The predicted molar refractivity (Wildman–Crippen MR) is 83.9 cm³/mol. The molecular formula is C15H21ClN2O3. The van der Waals surface area contributed by atoms with Gasteiger partial charge in [-0.25, -0.2) is 4.79 Å². The first-order valence-electron chi connectivity index (χ1n) is 6.86. The topological polar surface area (TPSA) is 67.4 Å². The van der Waals surface area contributed by atoms with Crippen LogP contribution in [0.15, 0.2) is 24.3 Å². The van der Waals surface area contributed by atoms with Crippen LogP contribution in [0, 0.1) is 0 Å². The smallest absolute Gasteiger partial charge is 0.337 e. The molecule has 0 bridgehead atoms. The molecule has 1 aliphatic heterocycles. The number of anilines is 1. The Morgan fingerprint density at radius 3 is 2.48 bits per heavy atom. The molecule has 1 saturated heterocycles. The Kier molecular flexibility index (Phi) is 6.18. The van der Waals surface area contributed by atoms with Crippen molar-refractivity contribution in [3.05, 3.63) is 29.8 Å². The Morgan fingerprint density at radius 1 is 1.33 bits per heavy atom. The summed E-state index contributed by atoms with van der Waals surface area (Å²) in [7, 11) is 1.34. The van der Waals surface area contributed by atoms with E-state index in [-0.39, 0.29) is 24.3 Å². The van der Waals surface area contributed by atoms with E-state index in [0.717, 1.165) is 25.8 Å². The van der Waals surface area contributed by atoms with E-state index in [1.54, 1.807) is 24.3 Å². The molecule has 5 nitrogen and oxygen atoms in total. The van der Waals surface area contributed by atoms with Crippen LogP contribution in [0.5, 0.6) is 0 Å². The highest BCUT2D eigenvalue weighted by molar-refractivity contribution is 5.98. The lowest BCUT2D eigenvalue weighted by molar-refractivity contribution is -0.122. The van der Waals surface area contributed by atoms with Crippen LogP contribution in [-0.4, -0.2) is 31.1 Å². The molecule has 1 atom stereocenters. The number of amides is 1. The number of methoxy groups -OCH3 is 1. The molecule has 1 aromatic rings. The summed E-state index contributed by atoms with van der Waals surface area (Å²) in [5, 5.41) is 6.20. The molecule has 1 aromatic carbocycles. The molecule has 6 heteroatoms. The lowest BCUT2D eigenvalue weighted by Crippen LogP contribution is -2.50. The number of carbonyl (C=O) groups is 2. The Hall–Kier alpha value is -1.59. The number of esters is 1. The third-order valence-electron chi connectivity index (χ3n) is 3.85. The van der Waals surface area contributed by atoms with Crippen molar-refractivity contribution in [1.82, 2.24) is 5.32 Å². The van der Waals surface area contributed by atoms with Gasteiger partial charge in [-0.05, 0) is 50.1 Å². The van der Waals surface area contributed by atoms with Gasteiger partial charge in [0.1, 0.15) is 0 Å². The van der Waals surface area contributed by atoms with Crippen molar-refractivity contribution in [3.8, 4) is 0 Å². The highest BCUT2D eigenvalue weighted by atomic mass is 35.5. The van der Waals surface area contributed by atoms with E-state index in [1.165, 1.54) is 7.11 Å². The van der Waals surface area contributed by atoms with Gasteiger partial charge in [0, 0.05) is 5.69 Å². The molecule has 1 fully saturated rings. The van der Waals surface area contributed by atoms with Crippen LogP contribution in [0.25, 0.3) is 0 Å².